The number of nitrogens with one attached hydrogen (secondary N) is 1. The van der Waals surface area contributed by atoms with Crippen LogP contribution in [0.5, 0.6) is 0 Å². The van der Waals surface area contributed by atoms with Crippen LogP contribution in [0.2, 0.25) is 0 Å². The topological polar surface area (TPSA) is 61.4 Å². The van der Waals surface area contributed by atoms with Gasteiger partial charge in [-0.3, -0.25) is 9.69 Å². The van der Waals surface area contributed by atoms with Crippen molar-refractivity contribution in [1.29, 1.82) is 0 Å². The maximum atomic E-state index is 12.7. The summed E-state index contributed by atoms with van der Waals surface area (Å²) in [6, 6.07) is 20.5. The highest BCUT2D eigenvalue weighted by molar-refractivity contribution is 5.92. The third kappa shape index (κ3) is 5.18. The van der Waals surface area contributed by atoms with E-state index >= 15 is 0 Å². The number of benzene rings is 2. The summed E-state index contributed by atoms with van der Waals surface area (Å²) in [4.78, 5) is 25.7. The fourth-order valence-electron chi connectivity index (χ4n) is 3.43. The molecular weight excluding hydrogens is 362 g/mol. The van der Waals surface area contributed by atoms with Gasteiger partial charge in [-0.2, -0.15) is 0 Å². The smallest absolute Gasteiger partial charge is 0.274 e. The van der Waals surface area contributed by atoms with Gasteiger partial charge in [-0.25, -0.2) is 9.97 Å². The van der Waals surface area contributed by atoms with E-state index in [1.165, 1.54) is 11.1 Å². The van der Waals surface area contributed by atoms with E-state index in [2.05, 4.69) is 56.6 Å². The van der Waals surface area contributed by atoms with Gasteiger partial charge in [0.15, 0.2) is 0 Å². The predicted octanol–water partition coefficient (Wildman–Crippen LogP) is 3.05. The van der Waals surface area contributed by atoms with Crippen LogP contribution in [0.3, 0.4) is 0 Å². The van der Waals surface area contributed by atoms with Crippen LogP contribution in [0.25, 0.3) is 0 Å². The number of piperazine rings is 1. The summed E-state index contributed by atoms with van der Waals surface area (Å²) in [6.45, 7) is 4.74. The predicted molar refractivity (Wildman–Crippen MR) is 113 cm³/mol. The van der Waals surface area contributed by atoms with Gasteiger partial charge in [-0.05, 0) is 11.1 Å². The van der Waals surface area contributed by atoms with E-state index in [1.54, 1.807) is 12.4 Å². The second kappa shape index (κ2) is 9.30. The number of hydrogen-bond donors (Lipinski definition) is 1. The van der Waals surface area contributed by atoms with E-state index in [4.69, 9.17) is 0 Å². The van der Waals surface area contributed by atoms with Crippen LogP contribution in [-0.2, 0) is 13.1 Å². The Balaban J connectivity index is 1.27. The number of carbonyl (C=O) groups excluding carboxylic acids is 1. The van der Waals surface area contributed by atoms with Crippen molar-refractivity contribution in [1.82, 2.24) is 19.8 Å². The van der Waals surface area contributed by atoms with Crippen LogP contribution in [0.4, 0.5) is 5.82 Å². The highest BCUT2D eigenvalue weighted by atomic mass is 16.2. The maximum absolute atomic E-state index is 12.7. The zero-order valence-corrected chi connectivity index (χ0v) is 16.4. The van der Waals surface area contributed by atoms with E-state index in [9.17, 15) is 4.79 Å². The Morgan fingerprint density at radius 3 is 2.10 bits per heavy atom. The van der Waals surface area contributed by atoms with Crippen molar-refractivity contribution in [3.05, 3.63) is 89.9 Å². The van der Waals surface area contributed by atoms with Crippen molar-refractivity contribution in [2.45, 2.75) is 13.1 Å². The van der Waals surface area contributed by atoms with Crippen molar-refractivity contribution < 1.29 is 4.79 Å². The molecule has 1 aliphatic rings. The Morgan fingerprint density at radius 1 is 0.828 bits per heavy atom. The molecule has 2 heterocycles. The molecule has 1 saturated heterocycles. The summed E-state index contributed by atoms with van der Waals surface area (Å²) in [5.41, 5.74) is 2.87. The lowest BCUT2D eigenvalue weighted by atomic mass is 10.2. The average Bonchev–Trinajstić information content (AvgIpc) is 2.79. The molecule has 1 N–H and O–H groups in total. The molecule has 2 aromatic carbocycles. The largest absolute Gasteiger partial charge is 0.365 e. The number of amides is 1. The first kappa shape index (κ1) is 19.1. The fourth-order valence-corrected chi connectivity index (χ4v) is 3.43. The van der Waals surface area contributed by atoms with E-state index in [-0.39, 0.29) is 5.91 Å². The normalized spacial score (nSPS) is 14.6. The lowest BCUT2D eigenvalue weighted by Gasteiger charge is -2.34. The summed E-state index contributed by atoms with van der Waals surface area (Å²) in [5.74, 6) is 0.615. The molecule has 1 aliphatic heterocycles. The van der Waals surface area contributed by atoms with E-state index in [1.807, 2.05) is 29.2 Å². The first-order valence-corrected chi connectivity index (χ1v) is 9.93. The van der Waals surface area contributed by atoms with Gasteiger partial charge in [0.25, 0.3) is 5.91 Å². The van der Waals surface area contributed by atoms with Gasteiger partial charge in [0.1, 0.15) is 11.5 Å². The maximum Gasteiger partial charge on any atom is 0.274 e. The SMILES string of the molecule is O=C(c1cnc(NCc2ccccc2)cn1)N1CCN(Cc2ccccc2)CC1. The molecule has 0 saturated carbocycles. The summed E-state index contributed by atoms with van der Waals surface area (Å²) >= 11 is 0. The van der Waals surface area contributed by atoms with Gasteiger partial charge in [0, 0.05) is 39.3 Å². The molecular formula is C23H25N5O. The molecule has 0 atom stereocenters. The second-order valence-corrected chi connectivity index (χ2v) is 7.18. The zero-order chi connectivity index (χ0) is 19.9. The van der Waals surface area contributed by atoms with Gasteiger partial charge in [0.2, 0.25) is 0 Å². The lowest BCUT2D eigenvalue weighted by Crippen LogP contribution is -2.48. The monoisotopic (exact) mass is 387 g/mol. The average molecular weight is 387 g/mol. The second-order valence-electron chi connectivity index (χ2n) is 7.18. The van der Waals surface area contributed by atoms with Crippen molar-refractivity contribution in [3.63, 3.8) is 0 Å². The number of aromatic nitrogens is 2. The minimum Gasteiger partial charge on any atom is -0.365 e. The Kier molecular flexibility index (Phi) is 6.12. The van der Waals surface area contributed by atoms with Gasteiger partial charge < -0.3 is 10.2 Å². The number of rotatable bonds is 6. The highest BCUT2D eigenvalue weighted by Crippen LogP contribution is 2.11. The first-order chi connectivity index (χ1) is 14.3. The molecule has 0 aliphatic carbocycles. The van der Waals surface area contributed by atoms with Crippen LogP contribution in [0, 0.1) is 0 Å². The molecule has 29 heavy (non-hydrogen) atoms. The van der Waals surface area contributed by atoms with Crippen molar-refractivity contribution in [2.24, 2.45) is 0 Å². The standard InChI is InChI=1S/C23H25N5O/c29-23(28-13-11-27(12-14-28)18-20-9-5-2-6-10-20)21-16-26-22(17-24-21)25-15-19-7-3-1-4-8-19/h1-10,16-17H,11-15,18H2,(H,25,26). The molecule has 148 valence electrons. The molecule has 1 amide bonds. The molecule has 6 nitrogen and oxygen atoms in total. The minimum atomic E-state index is -0.0496. The Bertz CT molecular complexity index is 907. The molecule has 1 fully saturated rings. The summed E-state index contributed by atoms with van der Waals surface area (Å²) in [5, 5.41) is 3.23. The first-order valence-electron chi connectivity index (χ1n) is 9.93. The number of hydrogen-bond acceptors (Lipinski definition) is 5. The molecule has 1 aromatic heterocycles. The van der Waals surface area contributed by atoms with Crippen LogP contribution < -0.4 is 5.32 Å². The van der Waals surface area contributed by atoms with Crippen molar-refractivity contribution in [3.8, 4) is 0 Å². The summed E-state index contributed by atoms with van der Waals surface area (Å²) < 4.78 is 0. The van der Waals surface area contributed by atoms with Crippen LogP contribution in [0.15, 0.2) is 73.1 Å². The molecule has 0 radical (unpaired) electrons. The summed E-state index contributed by atoms with van der Waals surface area (Å²) in [7, 11) is 0. The number of carbonyl (C=O) groups is 1. The van der Waals surface area contributed by atoms with E-state index < -0.39 is 0 Å². The molecule has 0 unspecified atom stereocenters. The van der Waals surface area contributed by atoms with Crippen LogP contribution in [0.1, 0.15) is 21.6 Å². The third-order valence-corrected chi connectivity index (χ3v) is 5.10. The Labute approximate surface area is 171 Å². The molecule has 3 aromatic rings. The highest BCUT2D eigenvalue weighted by Gasteiger charge is 2.23. The van der Waals surface area contributed by atoms with Gasteiger partial charge in [-0.15, -0.1) is 0 Å². The van der Waals surface area contributed by atoms with Gasteiger partial charge in [0.05, 0.1) is 12.4 Å². The van der Waals surface area contributed by atoms with Crippen LogP contribution >= 0.6 is 0 Å². The molecule has 4 rings (SSSR count). The lowest BCUT2D eigenvalue weighted by molar-refractivity contribution is 0.0622. The van der Waals surface area contributed by atoms with Gasteiger partial charge >= 0.3 is 0 Å². The third-order valence-electron chi connectivity index (χ3n) is 5.10. The molecule has 0 spiro atoms. The number of nitrogens with zero attached hydrogens (tertiary/aromatic N) is 4. The van der Waals surface area contributed by atoms with E-state index in [0.717, 1.165) is 19.6 Å². The van der Waals surface area contributed by atoms with Crippen molar-refractivity contribution >= 4 is 11.7 Å². The molecule has 6 heteroatoms. The van der Waals surface area contributed by atoms with Gasteiger partial charge in [-0.1, -0.05) is 60.7 Å². The molecule has 0 bridgehead atoms. The minimum absolute atomic E-state index is 0.0496. The van der Waals surface area contributed by atoms with Crippen molar-refractivity contribution in [2.75, 3.05) is 31.5 Å². The fraction of sp³-hybridized carbons (Fsp3) is 0.261. The van der Waals surface area contributed by atoms with Crippen LogP contribution in [-0.4, -0.2) is 51.9 Å². The van der Waals surface area contributed by atoms with E-state index in [0.29, 0.717) is 31.1 Å². The summed E-state index contributed by atoms with van der Waals surface area (Å²) in [6.07, 6.45) is 3.19. The number of anilines is 1. The quantitative estimate of drug-likeness (QED) is 0.704. The zero-order valence-electron chi connectivity index (χ0n) is 16.4. The Morgan fingerprint density at radius 2 is 1.48 bits per heavy atom. The Hall–Kier alpha value is -3.25.